The highest BCUT2D eigenvalue weighted by Crippen LogP contribution is 2.25. The smallest absolute Gasteiger partial charge is 0.270 e. The van der Waals surface area contributed by atoms with Crippen LogP contribution in [0.5, 0.6) is 5.75 Å². The van der Waals surface area contributed by atoms with Crippen LogP contribution in [-0.4, -0.2) is 37.6 Å². The number of nitrogens with one attached hydrogen (secondary N) is 2. The molecule has 1 aliphatic rings. The molecular weight excluding hydrogens is 381 g/mol. The van der Waals surface area contributed by atoms with Gasteiger partial charge in [0.15, 0.2) is 0 Å². The molecule has 0 bridgehead atoms. The minimum atomic E-state index is -0.0908. The van der Waals surface area contributed by atoms with Crippen LogP contribution in [0.2, 0.25) is 0 Å². The topological polar surface area (TPSA) is 63.2 Å². The zero-order valence-electron chi connectivity index (χ0n) is 14.0. The standard InChI is InChI=1S/C17H21N3O2S.2ClH/c1-22-14-4-2-13(3-5-14)17-20-15(11-23-17)16(21)19-9-7-12-6-8-18-10-12;;/h2-5,11-12,18H,6-10H2,1H3,(H,19,21);2*1H. The van der Waals surface area contributed by atoms with Gasteiger partial charge in [0, 0.05) is 17.5 Å². The number of rotatable bonds is 6. The van der Waals surface area contributed by atoms with Crippen molar-refractivity contribution in [2.24, 2.45) is 5.92 Å². The molecule has 25 heavy (non-hydrogen) atoms. The number of thiazole rings is 1. The number of carbonyl (C=O) groups is 1. The molecule has 5 nitrogen and oxygen atoms in total. The van der Waals surface area contributed by atoms with Crippen LogP contribution < -0.4 is 15.4 Å². The van der Waals surface area contributed by atoms with Crippen LogP contribution in [0.3, 0.4) is 0 Å². The van der Waals surface area contributed by atoms with Crippen LogP contribution in [0, 0.1) is 5.92 Å². The van der Waals surface area contributed by atoms with E-state index in [2.05, 4.69) is 15.6 Å². The van der Waals surface area contributed by atoms with Crippen molar-refractivity contribution in [3.63, 3.8) is 0 Å². The van der Waals surface area contributed by atoms with Crippen molar-refractivity contribution in [3.8, 4) is 16.3 Å². The zero-order valence-corrected chi connectivity index (χ0v) is 16.4. The third-order valence-electron chi connectivity index (χ3n) is 4.07. The monoisotopic (exact) mass is 403 g/mol. The molecule has 1 atom stereocenters. The number of aromatic nitrogens is 1. The van der Waals surface area contributed by atoms with Gasteiger partial charge in [-0.3, -0.25) is 4.79 Å². The van der Waals surface area contributed by atoms with Crippen molar-refractivity contribution < 1.29 is 9.53 Å². The summed E-state index contributed by atoms with van der Waals surface area (Å²) in [6, 6.07) is 7.69. The molecule has 1 fully saturated rings. The zero-order chi connectivity index (χ0) is 16.1. The number of hydrogen-bond acceptors (Lipinski definition) is 5. The van der Waals surface area contributed by atoms with Crippen LogP contribution >= 0.6 is 36.2 Å². The summed E-state index contributed by atoms with van der Waals surface area (Å²) >= 11 is 1.48. The number of methoxy groups -OCH3 is 1. The van der Waals surface area contributed by atoms with E-state index in [1.54, 1.807) is 7.11 Å². The molecule has 3 rings (SSSR count). The van der Waals surface area contributed by atoms with E-state index in [-0.39, 0.29) is 30.7 Å². The summed E-state index contributed by atoms with van der Waals surface area (Å²) in [5.41, 5.74) is 1.48. The van der Waals surface area contributed by atoms with E-state index in [1.807, 2.05) is 29.6 Å². The number of carbonyl (C=O) groups excluding carboxylic acids is 1. The Hall–Kier alpha value is -1.34. The van der Waals surface area contributed by atoms with Gasteiger partial charge in [0.05, 0.1) is 7.11 Å². The van der Waals surface area contributed by atoms with Crippen molar-refractivity contribution in [1.82, 2.24) is 15.6 Å². The molecule has 0 spiro atoms. The molecule has 138 valence electrons. The highest BCUT2D eigenvalue weighted by Gasteiger charge is 2.15. The summed E-state index contributed by atoms with van der Waals surface area (Å²) in [4.78, 5) is 16.6. The molecule has 0 aliphatic carbocycles. The molecule has 0 saturated carbocycles. The minimum absolute atomic E-state index is 0. The Bertz CT molecular complexity index is 658. The lowest BCUT2D eigenvalue weighted by atomic mass is 10.1. The summed E-state index contributed by atoms with van der Waals surface area (Å²) in [7, 11) is 1.64. The second-order valence-electron chi connectivity index (χ2n) is 5.67. The van der Waals surface area contributed by atoms with E-state index in [0.29, 0.717) is 18.2 Å². The number of amides is 1. The fourth-order valence-corrected chi connectivity index (χ4v) is 3.49. The van der Waals surface area contributed by atoms with Crippen LogP contribution in [0.25, 0.3) is 10.6 Å². The molecule has 2 heterocycles. The maximum atomic E-state index is 12.2. The van der Waals surface area contributed by atoms with Gasteiger partial charge in [-0.05, 0) is 56.1 Å². The fraction of sp³-hybridized carbons (Fsp3) is 0.412. The Morgan fingerprint density at radius 2 is 2.12 bits per heavy atom. The molecule has 2 aromatic rings. The first-order chi connectivity index (χ1) is 11.3. The molecular formula is C17H23Cl2N3O2S. The second kappa shape index (κ2) is 10.6. The maximum absolute atomic E-state index is 12.2. The molecule has 1 amide bonds. The number of hydrogen-bond donors (Lipinski definition) is 2. The van der Waals surface area contributed by atoms with Gasteiger partial charge in [0.2, 0.25) is 0 Å². The summed E-state index contributed by atoms with van der Waals surface area (Å²) in [5, 5.41) is 8.96. The number of halogens is 2. The van der Waals surface area contributed by atoms with Crippen LogP contribution in [-0.2, 0) is 0 Å². The van der Waals surface area contributed by atoms with Crippen LogP contribution in [0.15, 0.2) is 29.6 Å². The third-order valence-corrected chi connectivity index (χ3v) is 4.97. The third kappa shape index (κ3) is 5.85. The average molecular weight is 404 g/mol. The van der Waals surface area contributed by atoms with Crippen LogP contribution in [0.1, 0.15) is 23.3 Å². The normalized spacial score (nSPS) is 15.8. The van der Waals surface area contributed by atoms with Gasteiger partial charge < -0.3 is 15.4 Å². The largest absolute Gasteiger partial charge is 0.497 e. The Labute approximate surface area is 164 Å². The first-order valence-corrected chi connectivity index (χ1v) is 8.73. The van der Waals surface area contributed by atoms with Crippen molar-refractivity contribution in [3.05, 3.63) is 35.3 Å². The highest BCUT2D eigenvalue weighted by atomic mass is 35.5. The molecule has 2 N–H and O–H groups in total. The van der Waals surface area contributed by atoms with Crippen molar-refractivity contribution in [2.75, 3.05) is 26.7 Å². The highest BCUT2D eigenvalue weighted by molar-refractivity contribution is 7.13. The second-order valence-corrected chi connectivity index (χ2v) is 6.53. The summed E-state index contributed by atoms with van der Waals surface area (Å²) < 4.78 is 5.15. The average Bonchev–Trinajstić information content (AvgIpc) is 3.26. The van der Waals surface area contributed by atoms with Crippen molar-refractivity contribution in [1.29, 1.82) is 0 Å². The lowest BCUT2D eigenvalue weighted by Gasteiger charge is -2.08. The molecule has 1 saturated heterocycles. The Kier molecular flexibility index (Phi) is 9.21. The van der Waals surface area contributed by atoms with Gasteiger partial charge in [-0.25, -0.2) is 4.98 Å². The van der Waals surface area contributed by atoms with Crippen molar-refractivity contribution >= 4 is 42.1 Å². The van der Waals surface area contributed by atoms with Gasteiger partial charge >= 0.3 is 0 Å². The first-order valence-electron chi connectivity index (χ1n) is 7.85. The van der Waals surface area contributed by atoms with Gasteiger partial charge in [-0.15, -0.1) is 36.2 Å². The molecule has 1 aromatic heterocycles. The number of nitrogens with zero attached hydrogens (tertiary/aromatic N) is 1. The Morgan fingerprint density at radius 3 is 2.76 bits per heavy atom. The molecule has 1 unspecified atom stereocenters. The van der Waals surface area contributed by atoms with E-state index in [1.165, 1.54) is 17.8 Å². The minimum Gasteiger partial charge on any atom is -0.497 e. The summed E-state index contributed by atoms with van der Waals surface area (Å²) in [6.07, 6.45) is 2.22. The Balaban J connectivity index is 0.00000156. The van der Waals surface area contributed by atoms with Crippen molar-refractivity contribution in [2.45, 2.75) is 12.8 Å². The predicted octanol–water partition coefficient (Wildman–Crippen LogP) is 3.39. The quantitative estimate of drug-likeness (QED) is 0.775. The van der Waals surface area contributed by atoms with E-state index < -0.39 is 0 Å². The SMILES string of the molecule is COc1ccc(-c2nc(C(=O)NCCC3CCNC3)cs2)cc1.Cl.Cl. The van der Waals surface area contributed by atoms with Gasteiger partial charge in [0.25, 0.3) is 5.91 Å². The number of ether oxygens (including phenoxy) is 1. The van der Waals surface area contributed by atoms with E-state index in [0.717, 1.165) is 35.8 Å². The maximum Gasteiger partial charge on any atom is 0.270 e. The summed E-state index contributed by atoms with van der Waals surface area (Å²) in [5.74, 6) is 1.40. The first kappa shape index (κ1) is 21.7. The molecule has 8 heteroatoms. The lowest BCUT2D eigenvalue weighted by molar-refractivity contribution is 0.0947. The lowest BCUT2D eigenvalue weighted by Crippen LogP contribution is -2.26. The van der Waals surface area contributed by atoms with E-state index in [4.69, 9.17) is 4.74 Å². The van der Waals surface area contributed by atoms with Gasteiger partial charge in [-0.2, -0.15) is 0 Å². The molecule has 1 aliphatic heterocycles. The molecule has 1 aromatic carbocycles. The van der Waals surface area contributed by atoms with E-state index >= 15 is 0 Å². The number of benzene rings is 1. The van der Waals surface area contributed by atoms with E-state index in [9.17, 15) is 4.79 Å². The fourth-order valence-electron chi connectivity index (χ4n) is 2.69. The van der Waals surface area contributed by atoms with Gasteiger partial charge in [-0.1, -0.05) is 0 Å². The predicted molar refractivity (Wildman–Crippen MR) is 107 cm³/mol. The Morgan fingerprint density at radius 1 is 1.36 bits per heavy atom. The molecule has 0 radical (unpaired) electrons. The van der Waals surface area contributed by atoms with Gasteiger partial charge in [0.1, 0.15) is 16.5 Å². The van der Waals surface area contributed by atoms with Crippen LogP contribution in [0.4, 0.5) is 0 Å². The summed E-state index contributed by atoms with van der Waals surface area (Å²) in [6.45, 7) is 2.87.